The number of ether oxygens (including phenoxy) is 1. The van der Waals surface area contributed by atoms with Crippen LogP contribution in [-0.2, 0) is 6.42 Å². The molecule has 0 radical (unpaired) electrons. The Kier molecular flexibility index (Phi) is 4.47. The van der Waals surface area contributed by atoms with E-state index in [1.165, 1.54) is 5.56 Å². The van der Waals surface area contributed by atoms with Crippen molar-refractivity contribution < 1.29 is 9.84 Å². The smallest absolute Gasteiger partial charge is 0.119 e. The van der Waals surface area contributed by atoms with Crippen LogP contribution in [0.4, 0.5) is 0 Å². The molecule has 1 unspecified atom stereocenters. The molecule has 0 aliphatic heterocycles. The molecule has 0 aliphatic rings. The summed E-state index contributed by atoms with van der Waals surface area (Å²) in [6.45, 7) is 4.26. The largest absolute Gasteiger partial charge is 0.491 e. The highest BCUT2D eigenvalue weighted by Gasteiger charge is 2.02. The minimum atomic E-state index is 0.0760. The van der Waals surface area contributed by atoms with E-state index in [-0.39, 0.29) is 12.7 Å². The first kappa shape index (κ1) is 11.1. The van der Waals surface area contributed by atoms with E-state index in [4.69, 9.17) is 9.84 Å². The summed E-state index contributed by atoms with van der Waals surface area (Å²) in [7, 11) is 0. The third-order valence-corrected chi connectivity index (χ3v) is 2.18. The summed E-state index contributed by atoms with van der Waals surface area (Å²) in [5, 5.41) is 8.74. The van der Waals surface area contributed by atoms with Crippen molar-refractivity contribution >= 4 is 0 Å². The summed E-state index contributed by atoms with van der Waals surface area (Å²) >= 11 is 0. The Hall–Kier alpha value is -1.02. The molecule has 0 spiro atoms. The zero-order valence-electron chi connectivity index (χ0n) is 8.86. The van der Waals surface area contributed by atoms with E-state index in [0.29, 0.717) is 6.42 Å². The van der Waals surface area contributed by atoms with Gasteiger partial charge in [-0.25, -0.2) is 0 Å². The molecule has 0 saturated heterocycles. The summed E-state index contributed by atoms with van der Waals surface area (Å²) in [4.78, 5) is 0. The van der Waals surface area contributed by atoms with Gasteiger partial charge in [0.05, 0.1) is 6.10 Å². The van der Waals surface area contributed by atoms with E-state index >= 15 is 0 Å². The predicted molar refractivity (Wildman–Crippen MR) is 57.6 cm³/mol. The molecule has 0 aliphatic carbocycles. The van der Waals surface area contributed by atoms with Crippen LogP contribution in [-0.4, -0.2) is 17.8 Å². The van der Waals surface area contributed by atoms with Crippen LogP contribution in [0.5, 0.6) is 5.75 Å². The Bertz CT molecular complexity index is 271. The highest BCUT2D eigenvalue weighted by molar-refractivity contribution is 5.28. The molecule has 0 saturated carbocycles. The van der Waals surface area contributed by atoms with Gasteiger partial charge in [-0.3, -0.25) is 0 Å². The lowest BCUT2D eigenvalue weighted by Crippen LogP contribution is -2.13. The van der Waals surface area contributed by atoms with Crippen LogP contribution in [0.3, 0.4) is 0 Å². The average Bonchev–Trinajstić information content (AvgIpc) is 2.18. The fourth-order valence-electron chi connectivity index (χ4n) is 1.31. The number of aliphatic hydroxyl groups excluding tert-OH is 1. The van der Waals surface area contributed by atoms with Gasteiger partial charge >= 0.3 is 0 Å². The summed E-state index contributed by atoms with van der Waals surface area (Å²) in [6, 6.07) is 8.09. The lowest BCUT2D eigenvalue weighted by atomic mass is 10.1. The third kappa shape index (κ3) is 3.38. The van der Waals surface area contributed by atoms with Crippen molar-refractivity contribution in [1.29, 1.82) is 0 Å². The molecule has 1 rings (SSSR count). The summed E-state index contributed by atoms with van der Waals surface area (Å²) < 4.78 is 5.64. The quantitative estimate of drug-likeness (QED) is 0.780. The van der Waals surface area contributed by atoms with Gasteiger partial charge in [0.15, 0.2) is 0 Å². The molecule has 1 N–H and O–H groups in total. The molecule has 78 valence electrons. The van der Waals surface area contributed by atoms with Crippen molar-refractivity contribution in [2.24, 2.45) is 0 Å². The number of benzene rings is 1. The van der Waals surface area contributed by atoms with E-state index in [1.54, 1.807) is 0 Å². The maximum Gasteiger partial charge on any atom is 0.119 e. The summed E-state index contributed by atoms with van der Waals surface area (Å²) in [6.07, 6.45) is 1.77. The topological polar surface area (TPSA) is 29.5 Å². The van der Waals surface area contributed by atoms with Gasteiger partial charge in [-0.1, -0.05) is 19.1 Å². The summed E-state index contributed by atoms with van der Waals surface area (Å²) in [5.41, 5.74) is 1.28. The van der Waals surface area contributed by atoms with E-state index in [0.717, 1.165) is 12.2 Å². The van der Waals surface area contributed by atoms with Crippen molar-refractivity contribution in [2.75, 3.05) is 6.61 Å². The predicted octanol–water partition coefficient (Wildman–Crippen LogP) is 2.40. The minimum Gasteiger partial charge on any atom is -0.491 e. The van der Waals surface area contributed by atoms with Crippen molar-refractivity contribution in [3.05, 3.63) is 29.8 Å². The highest BCUT2D eigenvalue weighted by atomic mass is 16.5. The Morgan fingerprint density at radius 2 is 2.21 bits per heavy atom. The fourth-order valence-corrected chi connectivity index (χ4v) is 1.31. The first-order chi connectivity index (χ1) is 6.76. The number of rotatable bonds is 5. The Morgan fingerprint density at radius 1 is 1.43 bits per heavy atom. The van der Waals surface area contributed by atoms with Gasteiger partial charge in [-0.2, -0.15) is 0 Å². The average molecular weight is 194 g/mol. The molecular formula is C12H18O2. The van der Waals surface area contributed by atoms with Crippen molar-refractivity contribution in [2.45, 2.75) is 32.8 Å². The first-order valence-electron chi connectivity index (χ1n) is 5.12. The van der Waals surface area contributed by atoms with Gasteiger partial charge in [-0.05, 0) is 31.0 Å². The third-order valence-electron chi connectivity index (χ3n) is 2.18. The second-order valence-corrected chi connectivity index (χ2v) is 3.44. The number of hydrogen-bond acceptors (Lipinski definition) is 2. The van der Waals surface area contributed by atoms with Crippen LogP contribution in [0.25, 0.3) is 0 Å². The maximum absolute atomic E-state index is 8.74. The van der Waals surface area contributed by atoms with E-state index < -0.39 is 0 Å². The zero-order chi connectivity index (χ0) is 10.4. The second-order valence-electron chi connectivity index (χ2n) is 3.44. The van der Waals surface area contributed by atoms with Crippen molar-refractivity contribution in [3.8, 4) is 5.75 Å². The molecule has 0 fully saturated rings. The fraction of sp³-hybridized carbons (Fsp3) is 0.500. The maximum atomic E-state index is 8.74. The Morgan fingerprint density at radius 3 is 2.86 bits per heavy atom. The molecule has 0 bridgehead atoms. The number of hydrogen-bond donors (Lipinski definition) is 1. The monoisotopic (exact) mass is 194 g/mol. The lowest BCUT2D eigenvalue weighted by molar-refractivity contribution is 0.168. The Labute approximate surface area is 85.5 Å². The van der Waals surface area contributed by atoms with Crippen molar-refractivity contribution in [1.82, 2.24) is 0 Å². The normalized spacial score (nSPS) is 12.5. The molecule has 0 aromatic heterocycles. The molecule has 0 heterocycles. The molecule has 0 amide bonds. The molecule has 14 heavy (non-hydrogen) atoms. The minimum absolute atomic E-state index is 0.0760. The number of aliphatic hydroxyl groups is 1. The molecule has 2 heteroatoms. The second kappa shape index (κ2) is 5.66. The highest BCUT2D eigenvalue weighted by Crippen LogP contribution is 2.15. The van der Waals surface area contributed by atoms with Gasteiger partial charge < -0.3 is 9.84 Å². The van der Waals surface area contributed by atoms with Gasteiger partial charge in [0.1, 0.15) is 5.75 Å². The van der Waals surface area contributed by atoms with Gasteiger partial charge in [0.25, 0.3) is 0 Å². The zero-order valence-corrected chi connectivity index (χ0v) is 8.86. The SMILES string of the molecule is CCc1cccc(OC(C)CCO)c1. The lowest BCUT2D eigenvalue weighted by Gasteiger charge is -2.13. The number of aryl methyl sites for hydroxylation is 1. The van der Waals surface area contributed by atoms with E-state index in [2.05, 4.69) is 13.0 Å². The molecule has 1 atom stereocenters. The summed E-state index contributed by atoms with van der Waals surface area (Å²) in [5.74, 6) is 0.894. The standard InChI is InChI=1S/C12H18O2/c1-3-11-5-4-6-12(9-11)14-10(2)7-8-13/h4-6,9-10,13H,3,7-8H2,1-2H3. The van der Waals surface area contributed by atoms with Crippen molar-refractivity contribution in [3.63, 3.8) is 0 Å². The molecule has 1 aromatic rings. The molecule has 1 aromatic carbocycles. The van der Waals surface area contributed by atoms with Gasteiger partial charge in [-0.15, -0.1) is 0 Å². The van der Waals surface area contributed by atoms with Crippen LogP contribution in [0, 0.1) is 0 Å². The molecular weight excluding hydrogens is 176 g/mol. The van der Waals surface area contributed by atoms with Crippen LogP contribution in [0.2, 0.25) is 0 Å². The Balaban J connectivity index is 2.57. The van der Waals surface area contributed by atoms with Crippen LogP contribution < -0.4 is 4.74 Å². The van der Waals surface area contributed by atoms with E-state index in [1.807, 2.05) is 25.1 Å². The van der Waals surface area contributed by atoms with Crippen LogP contribution in [0.1, 0.15) is 25.8 Å². The van der Waals surface area contributed by atoms with Crippen LogP contribution in [0.15, 0.2) is 24.3 Å². The van der Waals surface area contributed by atoms with E-state index in [9.17, 15) is 0 Å². The van der Waals surface area contributed by atoms with Crippen LogP contribution >= 0.6 is 0 Å². The first-order valence-corrected chi connectivity index (χ1v) is 5.12. The molecule has 2 nitrogen and oxygen atoms in total. The van der Waals surface area contributed by atoms with Gasteiger partial charge in [0.2, 0.25) is 0 Å². The van der Waals surface area contributed by atoms with Gasteiger partial charge in [0, 0.05) is 13.0 Å².